The molecule has 5 heteroatoms. The van der Waals surface area contributed by atoms with E-state index in [-0.39, 0.29) is 24.0 Å². The van der Waals surface area contributed by atoms with E-state index in [9.17, 15) is 0 Å². The molecule has 0 spiro atoms. The van der Waals surface area contributed by atoms with Crippen molar-refractivity contribution < 1.29 is 0 Å². The van der Waals surface area contributed by atoms with Gasteiger partial charge >= 0.3 is 0 Å². The fourth-order valence-electron chi connectivity index (χ4n) is 1.83. The molecule has 21 heavy (non-hydrogen) atoms. The minimum atomic E-state index is 0. The van der Waals surface area contributed by atoms with E-state index >= 15 is 0 Å². The van der Waals surface area contributed by atoms with Crippen LogP contribution in [-0.2, 0) is 6.54 Å². The Kier molecular flexibility index (Phi) is 7.17. The molecule has 0 amide bonds. The standard InChI is InChI=1S/C16H18BrN3.HI/c1-11-3-7-15(8-4-11)20-16(18)19-10-13-5-6-14(17)9-12(13)2;/h3-9H,10H2,1-2H3,(H3,18,19,20);1H. The molecule has 0 fully saturated rings. The first-order chi connectivity index (χ1) is 9.54. The van der Waals surface area contributed by atoms with Crippen LogP contribution in [0.1, 0.15) is 16.7 Å². The SMILES string of the molecule is Cc1ccc(NC(N)=NCc2ccc(Br)cc2C)cc1.I. The Bertz CT molecular complexity index is 624. The van der Waals surface area contributed by atoms with Crippen molar-refractivity contribution in [3.8, 4) is 0 Å². The van der Waals surface area contributed by atoms with Crippen molar-refractivity contribution in [2.75, 3.05) is 5.32 Å². The van der Waals surface area contributed by atoms with Gasteiger partial charge < -0.3 is 11.1 Å². The van der Waals surface area contributed by atoms with Gasteiger partial charge in [0, 0.05) is 10.2 Å². The van der Waals surface area contributed by atoms with Crippen LogP contribution in [-0.4, -0.2) is 5.96 Å². The number of benzene rings is 2. The van der Waals surface area contributed by atoms with Crippen LogP contribution in [0.15, 0.2) is 51.9 Å². The van der Waals surface area contributed by atoms with Crippen molar-refractivity contribution in [3.63, 3.8) is 0 Å². The number of aliphatic imine (C=N–C) groups is 1. The zero-order valence-corrected chi connectivity index (χ0v) is 16.0. The molecule has 2 aromatic rings. The highest BCUT2D eigenvalue weighted by molar-refractivity contribution is 14.0. The number of halogens is 2. The number of nitrogens with one attached hydrogen (secondary N) is 1. The first-order valence-corrected chi connectivity index (χ1v) is 7.22. The molecule has 0 heterocycles. The highest BCUT2D eigenvalue weighted by Gasteiger charge is 1.99. The second kappa shape index (κ2) is 8.38. The molecule has 0 atom stereocenters. The molecule has 2 aromatic carbocycles. The van der Waals surface area contributed by atoms with E-state index < -0.39 is 0 Å². The van der Waals surface area contributed by atoms with Crippen LogP contribution in [0.2, 0.25) is 0 Å². The summed E-state index contributed by atoms with van der Waals surface area (Å²) in [7, 11) is 0. The van der Waals surface area contributed by atoms with Crippen molar-refractivity contribution in [2.45, 2.75) is 20.4 Å². The average molecular weight is 460 g/mol. The van der Waals surface area contributed by atoms with Gasteiger partial charge in [-0.15, -0.1) is 24.0 Å². The van der Waals surface area contributed by atoms with Crippen molar-refractivity contribution in [3.05, 3.63) is 63.6 Å². The Morgan fingerprint density at radius 2 is 1.81 bits per heavy atom. The van der Waals surface area contributed by atoms with Gasteiger partial charge in [0.05, 0.1) is 6.54 Å². The summed E-state index contributed by atoms with van der Waals surface area (Å²) < 4.78 is 1.08. The third kappa shape index (κ3) is 5.67. The maximum Gasteiger partial charge on any atom is 0.193 e. The lowest BCUT2D eigenvalue weighted by Gasteiger charge is -2.07. The van der Waals surface area contributed by atoms with E-state index in [4.69, 9.17) is 5.73 Å². The largest absolute Gasteiger partial charge is 0.370 e. The molecular formula is C16H19BrIN3. The summed E-state index contributed by atoms with van der Waals surface area (Å²) in [6.07, 6.45) is 0. The number of guanidine groups is 1. The van der Waals surface area contributed by atoms with Crippen LogP contribution >= 0.6 is 39.9 Å². The molecule has 0 aliphatic carbocycles. The van der Waals surface area contributed by atoms with Crippen LogP contribution in [0.3, 0.4) is 0 Å². The van der Waals surface area contributed by atoms with Crippen LogP contribution in [0.5, 0.6) is 0 Å². The van der Waals surface area contributed by atoms with E-state index in [0.29, 0.717) is 12.5 Å². The molecule has 0 radical (unpaired) electrons. The molecule has 112 valence electrons. The first-order valence-electron chi connectivity index (χ1n) is 6.43. The van der Waals surface area contributed by atoms with Gasteiger partial charge in [0.2, 0.25) is 0 Å². The minimum Gasteiger partial charge on any atom is -0.370 e. The van der Waals surface area contributed by atoms with Gasteiger partial charge in [-0.1, -0.05) is 39.7 Å². The molecular weight excluding hydrogens is 441 g/mol. The summed E-state index contributed by atoms with van der Waals surface area (Å²) in [5.41, 5.74) is 10.4. The zero-order valence-electron chi connectivity index (χ0n) is 12.1. The molecule has 2 rings (SSSR count). The molecule has 3 nitrogen and oxygen atoms in total. The van der Waals surface area contributed by atoms with E-state index in [1.165, 1.54) is 16.7 Å². The van der Waals surface area contributed by atoms with Gasteiger partial charge in [0.15, 0.2) is 5.96 Å². The Hall–Kier alpha value is -1.08. The molecule has 0 saturated carbocycles. The number of hydrogen-bond acceptors (Lipinski definition) is 1. The van der Waals surface area contributed by atoms with Gasteiger partial charge in [0.25, 0.3) is 0 Å². The van der Waals surface area contributed by atoms with E-state index in [0.717, 1.165) is 10.2 Å². The Morgan fingerprint density at radius 1 is 1.14 bits per heavy atom. The van der Waals surface area contributed by atoms with Crippen molar-refractivity contribution in [2.24, 2.45) is 10.7 Å². The number of rotatable bonds is 3. The van der Waals surface area contributed by atoms with Crippen molar-refractivity contribution in [1.29, 1.82) is 0 Å². The minimum absolute atomic E-state index is 0. The smallest absolute Gasteiger partial charge is 0.193 e. The van der Waals surface area contributed by atoms with Crippen LogP contribution in [0.4, 0.5) is 5.69 Å². The van der Waals surface area contributed by atoms with E-state index in [2.05, 4.69) is 52.2 Å². The zero-order chi connectivity index (χ0) is 14.5. The highest BCUT2D eigenvalue weighted by atomic mass is 127. The number of nitrogens with zero attached hydrogens (tertiary/aromatic N) is 1. The number of nitrogens with two attached hydrogens (primary N) is 1. The van der Waals surface area contributed by atoms with Crippen LogP contribution in [0.25, 0.3) is 0 Å². The Morgan fingerprint density at radius 3 is 2.43 bits per heavy atom. The Labute approximate surface area is 151 Å². The summed E-state index contributed by atoms with van der Waals surface area (Å²) in [5, 5.41) is 3.09. The quantitative estimate of drug-likeness (QED) is 0.400. The molecule has 0 bridgehead atoms. The normalized spacial score (nSPS) is 10.9. The summed E-state index contributed by atoms with van der Waals surface area (Å²) in [6, 6.07) is 14.2. The van der Waals surface area contributed by atoms with Gasteiger partial charge in [-0.05, 0) is 49.2 Å². The molecule has 3 N–H and O–H groups in total. The monoisotopic (exact) mass is 459 g/mol. The molecule has 0 saturated heterocycles. The topological polar surface area (TPSA) is 50.4 Å². The number of hydrogen-bond donors (Lipinski definition) is 2. The lowest BCUT2D eigenvalue weighted by atomic mass is 10.1. The third-order valence-electron chi connectivity index (χ3n) is 3.05. The maximum atomic E-state index is 5.90. The number of aryl methyl sites for hydroxylation is 2. The summed E-state index contributed by atoms with van der Waals surface area (Å²) >= 11 is 3.45. The van der Waals surface area contributed by atoms with Gasteiger partial charge in [-0.25, -0.2) is 4.99 Å². The maximum absolute atomic E-state index is 5.90. The van der Waals surface area contributed by atoms with Crippen molar-refractivity contribution >= 4 is 51.6 Å². The third-order valence-corrected chi connectivity index (χ3v) is 3.54. The van der Waals surface area contributed by atoms with Gasteiger partial charge in [-0.2, -0.15) is 0 Å². The molecule has 0 aliphatic rings. The summed E-state index contributed by atoms with van der Waals surface area (Å²) in [4.78, 5) is 4.37. The van der Waals surface area contributed by atoms with E-state index in [1.807, 2.05) is 30.3 Å². The van der Waals surface area contributed by atoms with Gasteiger partial charge in [-0.3, -0.25) is 0 Å². The molecule has 0 unspecified atom stereocenters. The fourth-order valence-corrected chi connectivity index (χ4v) is 2.31. The van der Waals surface area contributed by atoms with Crippen molar-refractivity contribution in [1.82, 2.24) is 0 Å². The number of anilines is 1. The first kappa shape index (κ1) is 18.0. The van der Waals surface area contributed by atoms with Gasteiger partial charge in [0.1, 0.15) is 0 Å². The predicted molar refractivity (Wildman–Crippen MR) is 104 cm³/mol. The lowest BCUT2D eigenvalue weighted by molar-refractivity contribution is 1.04. The predicted octanol–water partition coefficient (Wildman–Crippen LogP) is 4.61. The lowest BCUT2D eigenvalue weighted by Crippen LogP contribution is -2.22. The second-order valence-electron chi connectivity index (χ2n) is 4.76. The molecule has 0 aromatic heterocycles. The highest BCUT2D eigenvalue weighted by Crippen LogP contribution is 2.16. The summed E-state index contributed by atoms with van der Waals surface area (Å²) in [5.74, 6) is 0.427. The Balaban J connectivity index is 0.00000220. The van der Waals surface area contributed by atoms with Crippen LogP contribution in [0, 0.1) is 13.8 Å². The summed E-state index contributed by atoms with van der Waals surface area (Å²) in [6.45, 7) is 4.69. The second-order valence-corrected chi connectivity index (χ2v) is 5.68. The average Bonchev–Trinajstić information content (AvgIpc) is 2.40. The molecule has 0 aliphatic heterocycles. The van der Waals surface area contributed by atoms with E-state index in [1.54, 1.807) is 0 Å². The fraction of sp³-hybridized carbons (Fsp3) is 0.188. The van der Waals surface area contributed by atoms with Crippen LogP contribution < -0.4 is 11.1 Å².